The zero-order valence-corrected chi connectivity index (χ0v) is 11.9. The molecular formula is C16H13N3O3. The number of aromatic nitrogens is 3. The van der Waals surface area contributed by atoms with Crippen molar-refractivity contribution in [3.8, 4) is 0 Å². The van der Waals surface area contributed by atoms with Gasteiger partial charge < -0.3 is 9.72 Å². The van der Waals surface area contributed by atoms with Gasteiger partial charge in [0.25, 0.3) is 0 Å². The number of nitrogens with zero attached hydrogens (tertiary/aromatic N) is 2. The Balaban J connectivity index is 1.70. The lowest BCUT2D eigenvalue weighted by molar-refractivity contribution is 0.0469. The first kappa shape index (κ1) is 13.9. The van der Waals surface area contributed by atoms with Crippen LogP contribution in [0.1, 0.15) is 26.5 Å². The lowest BCUT2D eigenvalue weighted by Crippen LogP contribution is -2.15. The SMILES string of the molecule is Cc1cnc(C(=O)OCC(=O)c2c[nH]c3ccccc23)cn1. The summed E-state index contributed by atoms with van der Waals surface area (Å²) in [5, 5.41) is 0.804. The fraction of sp³-hybridized carbons (Fsp3) is 0.125. The summed E-state index contributed by atoms with van der Waals surface area (Å²) in [6.45, 7) is 1.43. The Morgan fingerprint density at radius 1 is 1.18 bits per heavy atom. The second kappa shape index (κ2) is 5.77. The lowest BCUT2D eigenvalue weighted by Gasteiger charge is -2.03. The molecule has 6 nitrogen and oxygen atoms in total. The van der Waals surface area contributed by atoms with E-state index in [1.807, 2.05) is 24.3 Å². The number of hydrogen-bond donors (Lipinski definition) is 1. The number of ether oxygens (including phenoxy) is 1. The number of aryl methyl sites for hydroxylation is 1. The van der Waals surface area contributed by atoms with E-state index in [-0.39, 0.29) is 18.1 Å². The number of H-pyrrole nitrogens is 1. The number of para-hydroxylation sites is 1. The van der Waals surface area contributed by atoms with E-state index >= 15 is 0 Å². The predicted octanol–water partition coefficient (Wildman–Crippen LogP) is 2.31. The number of aromatic amines is 1. The Labute approximate surface area is 126 Å². The maximum atomic E-state index is 12.2. The fourth-order valence-corrected chi connectivity index (χ4v) is 2.08. The molecule has 0 spiro atoms. The number of hydrogen-bond acceptors (Lipinski definition) is 5. The molecule has 1 N–H and O–H groups in total. The number of carbonyl (C=O) groups excluding carboxylic acids is 2. The molecule has 2 heterocycles. The highest BCUT2D eigenvalue weighted by Gasteiger charge is 2.15. The third-order valence-corrected chi connectivity index (χ3v) is 3.21. The van der Waals surface area contributed by atoms with Gasteiger partial charge in [0.2, 0.25) is 5.78 Å². The molecule has 0 saturated carbocycles. The van der Waals surface area contributed by atoms with Crippen LogP contribution in [0.3, 0.4) is 0 Å². The molecule has 0 saturated heterocycles. The Hall–Kier alpha value is -3.02. The van der Waals surface area contributed by atoms with Gasteiger partial charge in [-0.05, 0) is 13.0 Å². The van der Waals surface area contributed by atoms with Gasteiger partial charge in [-0.2, -0.15) is 0 Å². The van der Waals surface area contributed by atoms with E-state index in [9.17, 15) is 9.59 Å². The van der Waals surface area contributed by atoms with Gasteiger partial charge in [-0.25, -0.2) is 9.78 Å². The molecule has 2 aromatic heterocycles. The van der Waals surface area contributed by atoms with E-state index in [0.717, 1.165) is 10.9 Å². The molecule has 0 bridgehead atoms. The van der Waals surface area contributed by atoms with Crippen LogP contribution in [-0.2, 0) is 4.74 Å². The average Bonchev–Trinajstić information content (AvgIpc) is 2.97. The highest BCUT2D eigenvalue weighted by molar-refractivity contribution is 6.09. The van der Waals surface area contributed by atoms with Gasteiger partial charge in [0, 0.05) is 28.9 Å². The second-order valence-electron chi connectivity index (χ2n) is 4.79. The smallest absolute Gasteiger partial charge is 0.358 e. The Kier molecular flexibility index (Phi) is 3.65. The molecular weight excluding hydrogens is 282 g/mol. The summed E-state index contributed by atoms with van der Waals surface area (Å²) in [6, 6.07) is 7.44. The summed E-state index contributed by atoms with van der Waals surface area (Å²) in [4.78, 5) is 34.9. The first-order valence-electron chi connectivity index (χ1n) is 6.70. The van der Waals surface area contributed by atoms with Crippen LogP contribution in [0.4, 0.5) is 0 Å². The van der Waals surface area contributed by atoms with Gasteiger partial charge in [-0.3, -0.25) is 9.78 Å². The van der Waals surface area contributed by atoms with Crippen LogP contribution in [0.5, 0.6) is 0 Å². The van der Waals surface area contributed by atoms with Crippen LogP contribution in [0.2, 0.25) is 0 Å². The van der Waals surface area contributed by atoms with Crippen LogP contribution in [0.25, 0.3) is 10.9 Å². The van der Waals surface area contributed by atoms with E-state index in [1.54, 1.807) is 13.1 Å². The van der Waals surface area contributed by atoms with Crippen LogP contribution in [0, 0.1) is 6.92 Å². The van der Waals surface area contributed by atoms with E-state index in [4.69, 9.17) is 4.74 Å². The van der Waals surface area contributed by atoms with Crippen molar-refractivity contribution in [3.05, 3.63) is 59.8 Å². The van der Waals surface area contributed by atoms with Crippen molar-refractivity contribution >= 4 is 22.7 Å². The minimum atomic E-state index is -0.666. The van der Waals surface area contributed by atoms with Gasteiger partial charge >= 0.3 is 5.97 Å². The number of esters is 1. The number of Topliss-reactive ketones (excluding diaryl/α,β-unsaturated/α-hetero) is 1. The lowest BCUT2D eigenvalue weighted by atomic mass is 10.1. The van der Waals surface area contributed by atoms with E-state index in [2.05, 4.69) is 15.0 Å². The van der Waals surface area contributed by atoms with Crippen molar-refractivity contribution in [2.24, 2.45) is 0 Å². The van der Waals surface area contributed by atoms with Crippen molar-refractivity contribution in [3.63, 3.8) is 0 Å². The summed E-state index contributed by atoms with van der Waals surface area (Å²) in [6.07, 6.45) is 4.42. The summed E-state index contributed by atoms with van der Waals surface area (Å²) in [5.41, 5.74) is 2.14. The van der Waals surface area contributed by atoms with Crippen molar-refractivity contribution in [1.29, 1.82) is 0 Å². The van der Waals surface area contributed by atoms with E-state index in [1.165, 1.54) is 12.4 Å². The number of benzene rings is 1. The Morgan fingerprint density at radius 2 is 2.00 bits per heavy atom. The molecule has 1 aromatic carbocycles. The Morgan fingerprint density at radius 3 is 2.77 bits per heavy atom. The average molecular weight is 295 g/mol. The third kappa shape index (κ3) is 2.71. The van der Waals surface area contributed by atoms with Gasteiger partial charge in [0.1, 0.15) is 0 Å². The molecule has 22 heavy (non-hydrogen) atoms. The fourth-order valence-electron chi connectivity index (χ4n) is 2.08. The van der Waals surface area contributed by atoms with Gasteiger partial charge in [0.15, 0.2) is 12.3 Å². The van der Waals surface area contributed by atoms with Crippen molar-refractivity contribution in [2.45, 2.75) is 6.92 Å². The molecule has 0 fully saturated rings. The first-order chi connectivity index (χ1) is 10.6. The number of rotatable bonds is 4. The Bertz CT molecular complexity index is 837. The van der Waals surface area contributed by atoms with E-state index in [0.29, 0.717) is 11.3 Å². The molecule has 0 aliphatic rings. The molecule has 110 valence electrons. The topological polar surface area (TPSA) is 84.9 Å². The molecule has 0 aliphatic heterocycles. The molecule has 3 rings (SSSR count). The van der Waals surface area contributed by atoms with Gasteiger partial charge in [0.05, 0.1) is 11.9 Å². The molecule has 3 aromatic rings. The monoisotopic (exact) mass is 295 g/mol. The molecule has 6 heteroatoms. The van der Waals surface area contributed by atoms with Crippen LogP contribution >= 0.6 is 0 Å². The first-order valence-corrected chi connectivity index (χ1v) is 6.70. The highest BCUT2D eigenvalue weighted by atomic mass is 16.5. The molecule has 0 aliphatic carbocycles. The van der Waals surface area contributed by atoms with Crippen molar-refractivity contribution < 1.29 is 14.3 Å². The molecule has 0 unspecified atom stereocenters. The maximum absolute atomic E-state index is 12.2. The van der Waals surface area contributed by atoms with Crippen LogP contribution < -0.4 is 0 Å². The minimum absolute atomic E-state index is 0.0809. The zero-order valence-electron chi connectivity index (χ0n) is 11.9. The predicted molar refractivity (Wildman–Crippen MR) is 79.7 cm³/mol. The summed E-state index contributed by atoms with van der Waals surface area (Å²) >= 11 is 0. The summed E-state index contributed by atoms with van der Waals surface area (Å²) in [5.74, 6) is -0.938. The normalized spacial score (nSPS) is 10.6. The molecule has 0 radical (unpaired) electrons. The van der Waals surface area contributed by atoms with Crippen molar-refractivity contribution in [2.75, 3.05) is 6.61 Å². The summed E-state index contributed by atoms with van der Waals surface area (Å²) in [7, 11) is 0. The van der Waals surface area contributed by atoms with E-state index < -0.39 is 5.97 Å². The van der Waals surface area contributed by atoms with Crippen LogP contribution in [0.15, 0.2) is 42.9 Å². The standard InChI is InChI=1S/C16H13N3O3/c1-10-6-18-14(8-17-10)16(21)22-9-15(20)12-7-19-13-5-3-2-4-11(12)13/h2-8,19H,9H2,1H3. The van der Waals surface area contributed by atoms with Gasteiger partial charge in [-0.15, -0.1) is 0 Å². The second-order valence-corrected chi connectivity index (χ2v) is 4.79. The maximum Gasteiger partial charge on any atom is 0.358 e. The number of carbonyl (C=O) groups is 2. The van der Waals surface area contributed by atoms with Crippen molar-refractivity contribution in [1.82, 2.24) is 15.0 Å². The molecule has 0 atom stereocenters. The largest absolute Gasteiger partial charge is 0.453 e. The quantitative estimate of drug-likeness (QED) is 0.589. The molecule has 0 amide bonds. The third-order valence-electron chi connectivity index (χ3n) is 3.21. The van der Waals surface area contributed by atoms with Gasteiger partial charge in [-0.1, -0.05) is 18.2 Å². The van der Waals surface area contributed by atoms with Crippen LogP contribution in [-0.4, -0.2) is 33.3 Å². The number of nitrogens with one attached hydrogen (secondary N) is 1. The number of fused-ring (bicyclic) bond motifs is 1. The summed E-state index contributed by atoms with van der Waals surface area (Å²) < 4.78 is 5.00. The number of ketones is 1. The zero-order chi connectivity index (χ0) is 15.5. The minimum Gasteiger partial charge on any atom is -0.453 e. The highest BCUT2D eigenvalue weighted by Crippen LogP contribution is 2.18.